The summed E-state index contributed by atoms with van der Waals surface area (Å²) in [4.78, 5) is 24.1. The molecule has 18 heavy (non-hydrogen) atoms. The highest BCUT2D eigenvalue weighted by Gasteiger charge is 2.47. The normalized spacial score (nSPS) is 35.4. The van der Waals surface area contributed by atoms with Crippen molar-refractivity contribution in [2.24, 2.45) is 16.7 Å². The molecule has 2 aliphatic carbocycles. The summed E-state index contributed by atoms with van der Waals surface area (Å²) in [6.07, 6.45) is 3.35. The lowest BCUT2D eigenvalue weighted by atomic mass is 9.57. The van der Waals surface area contributed by atoms with Crippen LogP contribution in [0.4, 0.5) is 0 Å². The minimum absolute atomic E-state index is 0.260. The van der Waals surface area contributed by atoms with Crippen LogP contribution >= 0.6 is 0 Å². The Balaban J connectivity index is 2.46. The fourth-order valence-electron chi connectivity index (χ4n) is 3.52. The van der Waals surface area contributed by atoms with Crippen LogP contribution in [0.2, 0.25) is 0 Å². The Morgan fingerprint density at radius 2 is 1.83 bits per heavy atom. The maximum absolute atomic E-state index is 12.1. The van der Waals surface area contributed by atoms with Crippen LogP contribution in [-0.4, -0.2) is 11.6 Å². The van der Waals surface area contributed by atoms with Gasteiger partial charge in [0.15, 0.2) is 0 Å². The molecule has 2 nitrogen and oxygen atoms in total. The van der Waals surface area contributed by atoms with Crippen molar-refractivity contribution in [3.8, 4) is 0 Å². The Hall–Kier alpha value is -0.920. The molecule has 0 aromatic rings. The molecule has 0 N–H and O–H groups in total. The zero-order chi connectivity index (χ0) is 13.7. The van der Waals surface area contributed by atoms with E-state index in [1.54, 1.807) is 6.92 Å². The first-order valence-electron chi connectivity index (χ1n) is 6.95. The van der Waals surface area contributed by atoms with E-state index in [9.17, 15) is 9.59 Å². The fraction of sp³-hybridized carbons (Fsp3) is 0.750. The van der Waals surface area contributed by atoms with Crippen molar-refractivity contribution in [2.45, 2.75) is 60.3 Å². The summed E-state index contributed by atoms with van der Waals surface area (Å²) in [5, 5.41) is 0. The quantitative estimate of drug-likeness (QED) is 0.663. The van der Waals surface area contributed by atoms with E-state index in [1.165, 1.54) is 11.1 Å². The van der Waals surface area contributed by atoms with Crippen LogP contribution in [0.15, 0.2) is 11.1 Å². The molecule has 0 saturated heterocycles. The second kappa shape index (κ2) is 4.04. The van der Waals surface area contributed by atoms with Gasteiger partial charge in [0.25, 0.3) is 0 Å². The van der Waals surface area contributed by atoms with E-state index < -0.39 is 0 Å². The largest absolute Gasteiger partial charge is 0.299 e. The monoisotopic (exact) mass is 248 g/mol. The van der Waals surface area contributed by atoms with Crippen LogP contribution in [-0.2, 0) is 9.59 Å². The second-order valence-electron chi connectivity index (χ2n) is 6.89. The van der Waals surface area contributed by atoms with Gasteiger partial charge in [-0.05, 0) is 46.0 Å². The number of allylic oxidation sites excluding steroid dienone is 2. The maximum Gasteiger partial charge on any atom is 0.142 e. The van der Waals surface area contributed by atoms with Crippen molar-refractivity contribution in [2.75, 3.05) is 0 Å². The van der Waals surface area contributed by atoms with Gasteiger partial charge in [0.1, 0.15) is 11.6 Å². The van der Waals surface area contributed by atoms with E-state index in [0.717, 1.165) is 19.3 Å². The second-order valence-corrected chi connectivity index (χ2v) is 6.89. The first-order chi connectivity index (χ1) is 8.19. The summed E-state index contributed by atoms with van der Waals surface area (Å²) in [5.41, 5.74) is 2.07. The molecule has 2 aliphatic rings. The smallest absolute Gasteiger partial charge is 0.142 e. The van der Waals surface area contributed by atoms with Gasteiger partial charge in [0.05, 0.1) is 0 Å². The van der Waals surface area contributed by atoms with Crippen LogP contribution in [0.3, 0.4) is 0 Å². The Morgan fingerprint density at radius 1 is 1.22 bits per heavy atom. The molecule has 0 spiro atoms. The number of Topliss-reactive ketones (excluding diaryl/α,β-unsaturated/α-hetero) is 2. The fourth-order valence-corrected chi connectivity index (χ4v) is 3.52. The molecule has 2 rings (SSSR count). The van der Waals surface area contributed by atoms with Crippen LogP contribution in [0, 0.1) is 16.7 Å². The van der Waals surface area contributed by atoms with E-state index in [2.05, 4.69) is 13.8 Å². The Kier molecular flexibility index (Phi) is 3.03. The number of carbonyl (C=O) groups is 2. The van der Waals surface area contributed by atoms with Gasteiger partial charge in [-0.1, -0.05) is 25.0 Å². The van der Waals surface area contributed by atoms with Crippen molar-refractivity contribution in [3.63, 3.8) is 0 Å². The third-order valence-electron chi connectivity index (χ3n) is 5.52. The number of rotatable bonds is 1. The van der Waals surface area contributed by atoms with E-state index >= 15 is 0 Å². The minimum Gasteiger partial charge on any atom is -0.299 e. The molecule has 2 unspecified atom stereocenters. The van der Waals surface area contributed by atoms with E-state index in [-0.39, 0.29) is 16.6 Å². The molecular weight excluding hydrogens is 224 g/mol. The molecule has 0 radical (unpaired) electrons. The lowest BCUT2D eigenvalue weighted by molar-refractivity contribution is -0.131. The Labute approximate surface area is 110 Å². The minimum atomic E-state index is -0.357. The number of ketones is 2. The first-order valence-corrected chi connectivity index (χ1v) is 6.95. The molecule has 0 aliphatic heterocycles. The van der Waals surface area contributed by atoms with Crippen molar-refractivity contribution < 1.29 is 9.59 Å². The standard InChI is InChI=1S/C16H24O2/c1-10-8-12-6-7-14(18)15(3,4)13(12)9-16(10,5)11(2)17/h10H,6-9H2,1-5H3. The molecule has 0 aromatic heterocycles. The Bertz CT molecular complexity index is 442. The van der Waals surface area contributed by atoms with Gasteiger partial charge < -0.3 is 0 Å². The number of hydrogen-bond acceptors (Lipinski definition) is 2. The van der Waals surface area contributed by atoms with Gasteiger partial charge >= 0.3 is 0 Å². The molecular formula is C16H24O2. The topological polar surface area (TPSA) is 34.1 Å². The summed E-state index contributed by atoms with van der Waals surface area (Å²) >= 11 is 0. The summed E-state index contributed by atoms with van der Waals surface area (Å²) in [7, 11) is 0. The molecule has 0 aromatic carbocycles. The zero-order valence-electron chi connectivity index (χ0n) is 12.2. The third kappa shape index (κ3) is 1.77. The maximum atomic E-state index is 12.1. The van der Waals surface area contributed by atoms with Gasteiger partial charge in [0, 0.05) is 17.3 Å². The molecule has 2 atom stereocenters. The number of hydrogen-bond donors (Lipinski definition) is 0. The van der Waals surface area contributed by atoms with Crippen LogP contribution in [0.1, 0.15) is 60.3 Å². The molecule has 0 fully saturated rings. The molecule has 2 heteroatoms. The number of carbonyl (C=O) groups excluding carboxylic acids is 2. The van der Waals surface area contributed by atoms with E-state index in [0.29, 0.717) is 18.1 Å². The summed E-state index contributed by atoms with van der Waals surface area (Å²) < 4.78 is 0. The average Bonchev–Trinajstić information content (AvgIpc) is 2.27. The van der Waals surface area contributed by atoms with Gasteiger partial charge in [0.2, 0.25) is 0 Å². The van der Waals surface area contributed by atoms with Gasteiger partial charge in [-0.2, -0.15) is 0 Å². The molecule has 0 bridgehead atoms. The van der Waals surface area contributed by atoms with Crippen LogP contribution in [0.5, 0.6) is 0 Å². The van der Waals surface area contributed by atoms with Crippen LogP contribution in [0.25, 0.3) is 0 Å². The third-order valence-corrected chi connectivity index (χ3v) is 5.52. The summed E-state index contributed by atoms with van der Waals surface area (Å²) in [5.74, 6) is 0.981. The molecule has 0 heterocycles. The van der Waals surface area contributed by atoms with Crippen molar-refractivity contribution in [1.29, 1.82) is 0 Å². The average molecular weight is 248 g/mol. The molecule has 0 saturated carbocycles. The highest BCUT2D eigenvalue weighted by Crippen LogP contribution is 2.52. The predicted molar refractivity (Wildman–Crippen MR) is 72.2 cm³/mol. The van der Waals surface area contributed by atoms with E-state index in [1.807, 2.05) is 13.8 Å². The lowest BCUT2D eigenvalue weighted by Gasteiger charge is -2.46. The Morgan fingerprint density at radius 3 is 2.39 bits per heavy atom. The van der Waals surface area contributed by atoms with Gasteiger partial charge in [-0.3, -0.25) is 9.59 Å². The zero-order valence-corrected chi connectivity index (χ0v) is 12.2. The SMILES string of the molecule is CC(=O)C1(C)CC2=C(CCC(=O)C2(C)C)CC1C. The van der Waals surface area contributed by atoms with Crippen LogP contribution < -0.4 is 0 Å². The highest BCUT2D eigenvalue weighted by atomic mass is 16.1. The van der Waals surface area contributed by atoms with Gasteiger partial charge in [-0.15, -0.1) is 0 Å². The molecule has 100 valence electrons. The van der Waals surface area contributed by atoms with Crippen molar-refractivity contribution >= 4 is 11.6 Å². The molecule has 0 amide bonds. The first kappa shape index (κ1) is 13.5. The summed E-state index contributed by atoms with van der Waals surface area (Å²) in [6.45, 7) is 9.99. The van der Waals surface area contributed by atoms with Crippen molar-refractivity contribution in [3.05, 3.63) is 11.1 Å². The predicted octanol–water partition coefficient (Wildman–Crippen LogP) is 3.70. The lowest BCUT2D eigenvalue weighted by Crippen LogP contribution is -2.43. The van der Waals surface area contributed by atoms with E-state index in [4.69, 9.17) is 0 Å². The van der Waals surface area contributed by atoms with Crippen molar-refractivity contribution in [1.82, 2.24) is 0 Å². The highest BCUT2D eigenvalue weighted by molar-refractivity contribution is 5.90. The summed E-state index contributed by atoms with van der Waals surface area (Å²) in [6, 6.07) is 0. The van der Waals surface area contributed by atoms with Gasteiger partial charge in [-0.25, -0.2) is 0 Å².